The zero-order chi connectivity index (χ0) is 11.5. The van der Waals surface area contributed by atoms with E-state index in [9.17, 15) is 13.2 Å². The van der Waals surface area contributed by atoms with Crippen LogP contribution in [0.3, 0.4) is 0 Å². The van der Waals surface area contributed by atoms with Crippen molar-refractivity contribution >= 4 is 16.2 Å². The summed E-state index contributed by atoms with van der Waals surface area (Å²) in [4.78, 5) is 10.2. The van der Waals surface area contributed by atoms with Gasteiger partial charge in [0.25, 0.3) is 0 Å². The standard InChI is InChI=1S/C8H10N2O4S/c9-5-6-1-3-7(4-2-6)15(12,13)14-8(10)11/h1-4H,5,9H2,(H2,10,11). The van der Waals surface area contributed by atoms with Gasteiger partial charge in [-0.1, -0.05) is 12.1 Å². The van der Waals surface area contributed by atoms with E-state index in [1.54, 1.807) is 0 Å². The predicted octanol–water partition coefficient (Wildman–Crippen LogP) is -0.0707. The second-order valence-corrected chi connectivity index (χ2v) is 4.25. The van der Waals surface area contributed by atoms with Crippen molar-refractivity contribution in [3.05, 3.63) is 29.8 Å². The molecule has 0 radical (unpaired) electrons. The van der Waals surface area contributed by atoms with Crippen LogP contribution >= 0.6 is 0 Å². The Hall–Kier alpha value is -1.60. The van der Waals surface area contributed by atoms with Crippen molar-refractivity contribution in [3.8, 4) is 0 Å². The first-order chi connectivity index (χ1) is 6.95. The Morgan fingerprint density at radius 1 is 1.27 bits per heavy atom. The van der Waals surface area contributed by atoms with Crippen molar-refractivity contribution in [1.29, 1.82) is 0 Å². The molecule has 1 aromatic carbocycles. The minimum atomic E-state index is -4.10. The molecular weight excluding hydrogens is 220 g/mol. The van der Waals surface area contributed by atoms with Crippen LogP contribution in [0.2, 0.25) is 0 Å². The van der Waals surface area contributed by atoms with Gasteiger partial charge in [-0.15, -0.1) is 0 Å². The van der Waals surface area contributed by atoms with Crippen molar-refractivity contribution in [1.82, 2.24) is 0 Å². The van der Waals surface area contributed by atoms with E-state index in [4.69, 9.17) is 5.73 Å². The fraction of sp³-hybridized carbons (Fsp3) is 0.125. The highest BCUT2D eigenvalue weighted by Gasteiger charge is 2.17. The predicted molar refractivity (Wildman–Crippen MR) is 52.2 cm³/mol. The molecule has 7 heteroatoms. The molecule has 82 valence electrons. The number of primary amides is 1. The maximum absolute atomic E-state index is 11.3. The van der Waals surface area contributed by atoms with Crippen LogP contribution in [0.25, 0.3) is 0 Å². The summed E-state index contributed by atoms with van der Waals surface area (Å²) in [5, 5.41) is 0. The quantitative estimate of drug-likeness (QED) is 0.706. The zero-order valence-corrected chi connectivity index (χ0v) is 8.53. The topological polar surface area (TPSA) is 112 Å². The molecule has 0 atom stereocenters. The van der Waals surface area contributed by atoms with Gasteiger partial charge in [0.1, 0.15) is 4.90 Å². The van der Waals surface area contributed by atoms with Crippen LogP contribution in [-0.4, -0.2) is 14.5 Å². The Morgan fingerprint density at radius 3 is 2.20 bits per heavy atom. The zero-order valence-electron chi connectivity index (χ0n) is 7.71. The molecule has 4 N–H and O–H groups in total. The first-order valence-corrected chi connectivity index (χ1v) is 5.39. The largest absolute Gasteiger partial charge is 0.420 e. The lowest BCUT2D eigenvalue weighted by Gasteiger charge is -2.03. The first kappa shape index (κ1) is 11.5. The van der Waals surface area contributed by atoms with Crippen molar-refractivity contribution < 1.29 is 17.4 Å². The van der Waals surface area contributed by atoms with Gasteiger partial charge in [-0.3, -0.25) is 0 Å². The van der Waals surface area contributed by atoms with Crippen LogP contribution in [0.15, 0.2) is 29.2 Å². The van der Waals surface area contributed by atoms with Crippen LogP contribution in [0.4, 0.5) is 4.79 Å². The normalized spacial score (nSPS) is 11.0. The van der Waals surface area contributed by atoms with Gasteiger partial charge in [0.05, 0.1) is 0 Å². The molecule has 15 heavy (non-hydrogen) atoms. The van der Waals surface area contributed by atoms with E-state index in [0.717, 1.165) is 5.56 Å². The summed E-state index contributed by atoms with van der Waals surface area (Å²) in [6.07, 6.45) is -1.36. The Balaban J connectivity index is 3.01. The van der Waals surface area contributed by atoms with Gasteiger partial charge in [-0.2, -0.15) is 8.42 Å². The summed E-state index contributed by atoms with van der Waals surface area (Å²) in [5.41, 5.74) is 10.7. The number of amides is 1. The smallest absolute Gasteiger partial charge is 0.334 e. The molecule has 0 saturated carbocycles. The molecule has 1 aromatic rings. The molecule has 0 aliphatic rings. The SMILES string of the molecule is NCc1ccc(S(=O)(=O)OC(N)=O)cc1. The number of benzene rings is 1. The second-order valence-electron chi connectivity index (χ2n) is 2.70. The molecule has 0 heterocycles. The Bertz CT molecular complexity index is 452. The van der Waals surface area contributed by atoms with Gasteiger partial charge in [-0.05, 0) is 17.7 Å². The fourth-order valence-corrected chi connectivity index (χ4v) is 1.73. The maximum atomic E-state index is 11.3. The van der Waals surface area contributed by atoms with Crippen molar-refractivity contribution in [2.75, 3.05) is 0 Å². The second kappa shape index (κ2) is 4.28. The van der Waals surface area contributed by atoms with Gasteiger partial charge >= 0.3 is 16.2 Å². The van der Waals surface area contributed by atoms with Gasteiger partial charge in [0.2, 0.25) is 0 Å². The van der Waals surface area contributed by atoms with E-state index in [1.807, 2.05) is 0 Å². The number of rotatable bonds is 3. The molecule has 0 fully saturated rings. The van der Waals surface area contributed by atoms with E-state index in [0.29, 0.717) is 6.54 Å². The molecule has 0 aromatic heterocycles. The maximum Gasteiger partial charge on any atom is 0.420 e. The van der Waals surface area contributed by atoms with E-state index in [2.05, 4.69) is 9.92 Å². The first-order valence-electron chi connectivity index (χ1n) is 3.98. The Morgan fingerprint density at radius 2 is 1.80 bits per heavy atom. The van der Waals surface area contributed by atoms with Gasteiger partial charge in [-0.25, -0.2) is 4.79 Å². The van der Waals surface area contributed by atoms with Crippen LogP contribution in [0.5, 0.6) is 0 Å². The molecule has 0 spiro atoms. The van der Waals surface area contributed by atoms with E-state index < -0.39 is 16.2 Å². The van der Waals surface area contributed by atoms with Crippen molar-refractivity contribution in [3.63, 3.8) is 0 Å². The number of nitrogens with two attached hydrogens (primary N) is 2. The van der Waals surface area contributed by atoms with E-state index in [-0.39, 0.29) is 4.90 Å². The highest BCUT2D eigenvalue weighted by molar-refractivity contribution is 7.87. The van der Waals surface area contributed by atoms with Crippen LogP contribution in [0.1, 0.15) is 5.56 Å². The van der Waals surface area contributed by atoms with Crippen molar-refractivity contribution in [2.24, 2.45) is 11.5 Å². The third-order valence-electron chi connectivity index (χ3n) is 1.64. The summed E-state index contributed by atoms with van der Waals surface area (Å²) in [5.74, 6) is 0. The van der Waals surface area contributed by atoms with E-state index >= 15 is 0 Å². The third kappa shape index (κ3) is 2.93. The lowest BCUT2D eigenvalue weighted by molar-refractivity contribution is 0.212. The minimum Gasteiger partial charge on any atom is -0.334 e. The minimum absolute atomic E-state index is 0.140. The lowest BCUT2D eigenvalue weighted by Crippen LogP contribution is -2.18. The third-order valence-corrected chi connectivity index (χ3v) is 2.87. The molecule has 0 aliphatic heterocycles. The highest BCUT2D eigenvalue weighted by atomic mass is 32.2. The molecule has 0 bridgehead atoms. The van der Waals surface area contributed by atoms with Gasteiger partial charge < -0.3 is 15.7 Å². The Labute approximate surface area is 87.0 Å². The fourth-order valence-electron chi connectivity index (χ4n) is 0.948. The van der Waals surface area contributed by atoms with Crippen molar-refractivity contribution in [2.45, 2.75) is 11.4 Å². The summed E-state index contributed by atoms with van der Waals surface area (Å²) in [7, 11) is -4.10. The average molecular weight is 230 g/mol. The lowest BCUT2D eigenvalue weighted by atomic mass is 10.2. The molecule has 0 unspecified atom stereocenters. The summed E-state index contributed by atoms with van der Waals surface area (Å²) in [6, 6.07) is 5.63. The van der Waals surface area contributed by atoms with Crippen LogP contribution in [0, 0.1) is 0 Å². The molecule has 1 amide bonds. The Kier molecular flexibility index (Phi) is 3.28. The molecular formula is C8H10N2O4S. The molecule has 1 rings (SSSR count). The summed E-state index contributed by atoms with van der Waals surface area (Å²) < 4.78 is 26.6. The summed E-state index contributed by atoms with van der Waals surface area (Å²) >= 11 is 0. The molecule has 0 aliphatic carbocycles. The van der Waals surface area contributed by atoms with Gasteiger partial charge in [0.15, 0.2) is 0 Å². The van der Waals surface area contributed by atoms with E-state index in [1.165, 1.54) is 24.3 Å². The van der Waals surface area contributed by atoms with Crippen LogP contribution < -0.4 is 11.5 Å². The van der Waals surface area contributed by atoms with Gasteiger partial charge in [0, 0.05) is 6.54 Å². The monoisotopic (exact) mass is 230 g/mol. The number of carbonyl (C=O) groups is 1. The van der Waals surface area contributed by atoms with Crippen LogP contribution in [-0.2, 0) is 20.8 Å². The summed E-state index contributed by atoms with van der Waals surface area (Å²) in [6.45, 7) is 0.303. The molecule has 0 saturated heterocycles. The average Bonchev–Trinajstić information content (AvgIpc) is 2.16. The number of hydrogen-bond donors (Lipinski definition) is 2. The molecule has 6 nitrogen and oxygen atoms in total. The number of carbonyl (C=O) groups excluding carboxylic acids is 1. The highest BCUT2D eigenvalue weighted by Crippen LogP contribution is 2.13. The number of hydrogen-bond acceptors (Lipinski definition) is 5.